The van der Waals surface area contributed by atoms with Gasteiger partial charge in [-0.1, -0.05) is 25.3 Å². The van der Waals surface area contributed by atoms with Gasteiger partial charge < -0.3 is 20.9 Å². The van der Waals surface area contributed by atoms with Gasteiger partial charge in [-0.15, -0.1) is 0 Å². The maximum Gasteiger partial charge on any atom is 0.323 e. The first-order chi connectivity index (χ1) is 15.6. The normalized spacial score (nSPS) is 16.3. The van der Waals surface area contributed by atoms with Gasteiger partial charge in [-0.25, -0.2) is 4.79 Å². The lowest BCUT2D eigenvalue weighted by atomic mass is 9.95. The van der Waals surface area contributed by atoms with E-state index in [1.807, 2.05) is 12.1 Å². The smallest absolute Gasteiger partial charge is 0.323 e. The van der Waals surface area contributed by atoms with Crippen molar-refractivity contribution in [3.8, 4) is 6.07 Å². The number of urea groups is 1. The molecule has 0 unspecified atom stereocenters. The second kappa shape index (κ2) is 10.2. The molecule has 2 aromatic carbocycles. The Labute approximate surface area is 188 Å². The number of rotatable bonds is 5. The van der Waals surface area contributed by atoms with Crippen LogP contribution < -0.4 is 20.9 Å². The van der Waals surface area contributed by atoms with Crippen LogP contribution in [0.3, 0.4) is 0 Å². The number of carbonyl (C=O) groups is 2. The van der Waals surface area contributed by atoms with Crippen LogP contribution in [0, 0.1) is 11.3 Å². The molecule has 3 N–H and O–H groups in total. The van der Waals surface area contributed by atoms with Gasteiger partial charge in [0.05, 0.1) is 17.2 Å². The molecule has 2 aromatic rings. The lowest BCUT2D eigenvalue weighted by Gasteiger charge is -2.25. The Morgan fingerprint density at radius 3 is 2.34 bits per heavy atom. The Morgan fingerprint density at radius 1 is 0.906 bits per heavy atom. The molecule has 7 heteroatoms. The van der Waals surface area contributed by atoms with Crippen molar-refractivity contribution in [3.05, 3.63) is 53.6 Å². The molecule has 0 atom stereocenters. The zero-order valence-electron chi connectivity index (χ0n) is 18.2. The second-order valence-corrected chi connectivity index (χ2v) is 8.51. The molecular formula is C25H29N5O2. The third-order valence-electron chi connectivity index (χ3n) is 6.14. The minimum absolute atomic E-state index is 0.0791. The second-order valence-electron chi connectivity index (χ2n) is 8.51. The summed E-state index contributed by atoms with van der Waals surface area (Å²) in [5.41, 5.74) is 3.07. The van der Waals surface area contributed by atoms with Crippen LogP contribution in [0.25, 0.3) is 0 Å². The SMILES string of the molecule is N#Cc1cccc(NC(=O)Nc2ccc(N3CCCC3)c(C(=O)NC3CCCCC3)c2)c1. The van der Waals surface area contributed by atoms with Crippen LogP contribution >= 0.6 is 0 Å². The summed E-state index contributed by atoms with van der Waals surface area (Å²) in [6, 6.07) is 14.1. The minimum atomic E-state index is -0.423. The van der Waals surface area contributed by atoms with Gasteiger partial charge in [0.2, 0.25) is 0 Å². The molecule has 7 nitrogen and oxygen atoms in total. The largest absolute Gasteiger partial charge is 0.371 e. The van der Waals surface area contributed by atoms with Crippen molar-refractivity contribution in [2.45, 2.75) is 51.0 Å². The Bertz CT molecular complexity index is 1020. The van der Waals surface area contributed by atoms with E-state index in [1.54, 1.807) is 30.3 Å². The standard InChI is InChI=1S/C25H29N5O2/c26-17-18-7-6-10-20(15-18)28-25(32)29-21-11-12-23(30-13-4-5-14-30)22(16-21)24(31)27-19-8-2-1-3-9-19/h6-7,10-12,15-16,19H,1-5,8-9,13-14H2,(H,27,31)(H2,28,29,32). The average molecular weight is 432 g/mol. The topological polar surface area (TPSA) is 97.3 Å². The molecule has 4 rings (SSSR count). The fraction of sp³-hybridized carbons (Fsp3) is 0.400. The predicted molar refractivity (Wildman–Crippen MR) is 126 cm³/mol. The van der Waals surface area contributed by atoms with Gasteiger partial charge in [-0.2, -0.15) is 5.26 Å². The van der Waals surface area contributed by atoms with E-state index in [2.05, 4.69) is 26.9 Å². The first-order valence-corrected chi connectivity index (χ1v) is 11.4. The monoisotopic (exact) mass is 431 g/mol. The number of hydrogen-bond acceptors (Lipinski definition) is 4. The first-order valence-electron chi connectivity index (χ1n) is 11.4. The number of nitrogens with zero attached hydrogens (tertiary/aromatic N) is 2. The van der Waals surface area contributed by atoms with Crippen LogP contribution in [0.5, 0.6) is 0 Å². The summed E-state index contributed by atoms with van der Waals surface area (Å²) in [5.74, 6) is -0.0791. The Hall–Kier alpha value is -3.53. The Kier molecular flexibility index (Phi) is 6.90. The van der Waals surface area contributed by atoms with Gasteiger partial charge in [0, 0.05) is 36.2 Å². The highest BCUT2D eigenvalue weighted by molar-refractivity contribution is 6.04. The van der Waals surface area contributed by atoms with Gasteiger partial charge in [-0.3, -0.25) is 4.79 Å². The average Bonchev–Trinajstić information content (AvgIpc) is 3.34. The zero-order chi connectivity index (χ0) is 22.3. The van der Waals surface area contributed by atoms with E-state index >= 15 is 0 Å². The maximum absolute atomic E-state index is 13.2. The molecular weight excluding hydrogens is 402 g/mol. The predicted octanol–water partition coefficient (Wildman–Crippen LogP) is 4.86. The highest BCUT2D eigenvalue weighted by Crippen LogP contribution is 2.28. The number of hydrogen-bond donors (Lipinski definition) is 3. The van der Waals surface area contributed by atoms with E-state index < -0.39 is 6.03 Å². The summed E-state index contributed by atoms with van der Waals surface area (Å²) in [7, 11) is 0. The van der Waals surface area contributed by atoms with E-state index in [9.17, 15) is 9.59 Å². The number of carbonyl (C=O) groups excluding carboxylic acids is 2. The molecule has 166 valence electrons. The first kappa shape index (κ1) is 21.7. The number of amides is 3. The van der Waals surface area contributed by atoms with E-state index in [0.29, 0.717) is 22.5 Å². The minimum Gasteiger partial charge on any atom is -0.371 e. The van der Waals surface area contributed by atoms with Crippen molar-refractivity contribution in [3.63, 3.8) is 0 Å². The van der Waals surface area contributed by atoms with Crippen molar-refractivity contribution in [1.29, 1.82) is 5.26 Å². The molecule has 1 saturated heterocycles. The van der Waals surface area contributed by atoms with Crippen LogP contribution in [0.15, 0.2) is 42.5 Å². The van der Waals surface area contributed by atoms with Crippen LogP contribution in [0.1, 0.15) is 60.9 Å². The molecule has 1 aliphatic carbocycles. The maximum atomic E-state index is 13.2. The third kappa shape index (κ3) is 5.38. The molecule has 2 fully saturated rings. The number of anilines is 3. The summed E-state index contributed by atoms with van der Waals surface area (Å²) < 4.78 is 0. The van der Waals surface area contributed by atoms with Gasteiger partial charge in [0.25, 0.3) is 5.91 Å². The molecule has 0 aromatic heterocycles. The number of nitriles is 1. The van der Waals surface area contributed by atoms with E-state index in [0.717, 1.165) is 57.3 Å². The van der Waals surface area contributed by atoms with E-state index in [1.165, 1.54) is 6.42 Å². The summed E-state index contributed by atoms with van der Waals surface area (Å²) >= 11 is 0. The molecule has 0 radical (unpaired) electrons. The molecule has 1 aliphatic heterocycles. The van der Waals surface area contributed by atoms with Gasteiger partial charge in [-0.05, 0) is 62.1 Å². The zero-order valence-corrected chi connectivity index (χ0v) is 18.2. The molecule has 1 heterocycles. The van der Waals surface area contributed by atoms with Crippen LogP contribution in [0.4, 0.5) is 21.9 Å². The molecule has 1 saturated carbocycles. The number of benzene rings is 2. The van der Waals surface area contributed by atoms with Crippen molar-refractivity contribution in [2.24, 2.45) is 0 Å². The van der Waals surface area contributed by atoms with Crippen LogP contribution in [0.2, 0.25) is 0 Å². The van der Waals surface area contributed by atoms with Crippen molar-refractivity contribution < 1.29 is 9.59 Å². The Balaban J connectivity index is 1.50. The quantitative estimate of drug-likeness (QED) is 0.629. The molecule has 0 bridgehead atoms. The summed E-state index contributed by atoms with van der Waals surface area (Å²) in [6.45, 7) is 1.87. The van der Waals surface area contributed by atoms with E-state index in [4.69, 9.17) is 5.26 Å². The van der Waals surface area contributed by atoms with Gasteiger partial charge in [0.15, 0.2) is 0 Å². The highest BCUT2D eigenvalue weighted by Gasteiger charge is 2.23. The fourth-order valence-corrected chi connectivity index (χ4v) is 4.50. The van der Waals surface area contributed by atoms with E-state index in [-0.39, 0.29) is 11.9 Å². The third-order valence-corrected chi connectivity index (χ3v) is 6.14. The Morgan fingerprint density at radius 2 is 1.62 bits per heavy atom. The number of nitrogens with one attached hydrogen (secondary N) is 3. The van der Waals surface area contributed by atoms with Crippen molar-refractivity contribution >= 4 is 29.0 Å². The lowest BCUT2D eigenvalue weighted by Crippen LogP contribution is -2.37. The van der Waals surface area contributed by atoms with Crippen LogP contribution in [-0.2, 0) is 0 Å². The van der Waals surface area contributed by atoms with Crippen molar-refractivity contribution in [1.82, 2.24) is 5.32 Å². The fourth-order valence-electron chi connectivity index (χ4n) is 4.50. The molecule has 2 aliphatic rings. The molecule has 32 heavy (non-hydrogen) atoms. The molecule has 0 spiro atoms. The summed E-state index contributed by atoms with van der Waals surface area (Å²) in [4.78, 5) is 27.9. The van der Waals surface area contributed by atoms with Crippen LogP contribution in [-0.4, -0.2) is 31.1 Å². The van der Waals surface area contributed by atoms with Gasteiger partial charge in [0.1, 0.15) is 0 Å². The van der Waals surface area contributed by atoms with Crippen molar-refractivity contribution in [2.75, 3.05) is 28.6 Å². The summed E-state index contributed by atoms with van der Waals surface area (Å²) in [5, 5.41) is 17.8. The highest BCUT2D eigenvalue weighted by atomic mass is 16.2. The lowest BCUT2D eigenvalue weighted by molar-refractivity contribution is 0.0928. The molecule has 3 amide bonds. The summed E-state index contributed by atoms with van der Waals surface area (Å²) in [6.07, 6.45) is 7.82. The van der Waals surface area contributed by atoms with Gasteiger partial charge >= 0.3 is 6.03 Å².